The van der Waals surface area contributed by atoms with E-state index in [1.165, 1.54) is 23.4 Å². The summed E-state index contributed by atoms with van der Waals surface area (Å²) in [4.78, 5) is 12.6. The Morgan fingerprint density at radius 3 is 2.45 bits per heavy atom. The van der Waals surface area contributed by atoms with Crippen LogP contribution in [0.1, 0.15) is 25.3 Å². The van der Waals surface area contributed by atoms with Gasteiger partial charge in [0.2, 0.25) is 15.9 Å². The number of nitrogens with one attached hydrogen (secondary N) is 2. The standard InChI is InChI=1S/C20H21ClF3N3O3S/c1-13(19(28)26-18-11-14(20(22,23)24)7-8-17(18)21)25-15-5-4-6-16(12-15)31(29,30)27-9-2-3-10-27/h4-8,11-13,25H,2-3,9-10H2,1H3,(H,26,28)/t13-/m0/s1. The third-order valence-corrected chi connectivity index (χ3v) is 7.09. The van der Waals surface area contributed by atoms with Gasteiger partial charge in [-0.2, -0.15) is 17.5 Å². The van der Waals surface area contributed by atoms with Crippen LogP contribution in [0.4, 0.5) is 24.5 Å². The molecule has 1 aliphatic heterocycles. The molecule has 1 amide bonds. The molecule has 0 aliphatic carbocycles. The molecule has 0 radical (unpaired) electrons. The molecule has 168 valence electrons. The summed E-state index contributed by atoms with van der Waals surface area (Å²) in [7, 11) is -3.62. The molecule has 2 N–H and O–H groups in total. The van der Waals surface area contributed by atoms with Gasteiger partial charge in [0, 0.05) is 18.8 Å². The van der Waals surface area contributed by atoms with E-state index >= 15 is 0 Å². The fourth-order valence-electron chi connectivity index (χ4n) is 3.18. The van der Waals surface area contributed by atoms with E-state index in [1.807, 2.05) is 0 Å². The van der Waals surface area contributed by atoms with Gasteiger partial charge >= 0.3 is 6.18 Å². The number of carbonyl (C=O) groups is 1. The van der Waals surface area contributed by atoms with Gasteiger partial charge in [-0.1, -0.05) is 17.7 Å². The molecule has 1 fully saturated rings. The Labute approximate surface area is 183 Å². The first-order valence-electron chi connectivity index (χ1n) is 9.53. The number of rotatable bonds is 6. The average Bonchev–Trinajstić information content (AvgIpc) is 3.24. The van der Waals surface area contributed by atoms with Crippen LogP contribution in [0.2, 0.25) is 5.02 Å². The van der Waals surface area contributed by atoms with Gasteiger partial charge in [0.05, 0.1) is 21.2 Å². The molecule has 1 heterocycles. The predicted octanol–water partition coefficient (Wildman–Crippen LogP) is 4.58. The summed E-state index contributed by atoms with van der Waals surface area (Å²) >= 11 is 5.91. The van der Waals surface area contributed by atoms with Gasteiger partial charge in [0.25, 0.3) is 0 Å². The van der Waals surface area contributed by atoms with Crippen LogP contribution in [-0.4, -0.2) is 37.8 Å². The molecule has 6 nitrogen and oxygen atoms in total. The molecule has 3 rings (SSSR count). The average molecular weight is 476 g/mol. The van der Waals surface area contributed by atoms with E-state index in [2.05, 4.69) is 10.6 Å². The normalized spacial score (nSPS) is 16.2. The van der Waals surface area contributed by atoms with E-state index in [4.69, 9.17) is 11.6 Å². The number of alkyl halides is 3. The summed E-state index contributed by atoms with van der Waals surface area (Å²) in [6.45, 7) is 2.44. The van der Waals surface area contributed by atoms with Crippen molar-refractivity contribution in [1.82, 2.24) is 4.31 Å². The summed E-state index contributed by atoms with van der Waals surface area (Å²) in [5.74, 6) is -0.631. The molecule has 0 bridgehead atoms. The summed E-state index contributed by atoms with van der Waals surface area (Å²) in [5, 5.41) is 5.21. The van der Waals surface area contributed by atoms with Crippen molar-refractivity contribution in [2.24, 2.45) is 0 Å². The number of nitrogens with zero attached hydrogens (tertiary/aromatic N) is 1. The number of halogens is 4. The van der Waals surface area contributed by atoms with Gasteiger partial charge in [-0.15, -0.1) is 0 Å². The molecule has 0 spiro atoms. The SMILES string of the molecule is C[C@H](Nc1cccc(S(=O)(=O)N2CCCC2)c1)C(=O)Nc1cc(C(F)(F)F)ccc1Cl. The third kappa shape index (κ3) is 5.50. The van der Waals surface area contributed by atoms with Crippen molar-refractivity contribution in [3.8, 4) is 0 Å². The molecule has 1 atom stereocenters. The highest BCUT2D eigenvalue weighted by Crippen LogP contribution is 2.34. The van der Waals surface area contributed by atoms with Gasteiger partial charge in [-0.05, 0) is 56.2 Å². The fraction of sp³-hybridized carbons (Fsp3) is 0.350. The zero-order valence-corrected chi connectivity index (χ0v) is 18.1. The van der Waals surface area contributed by atoms with Crippen molar-refractivity contribution in [1.29, 1.82) is 0 Å². The molecule has 0 unspecified atom stereocenters. The lowest BCUT2D eigenvalue weighted by Gasteiger charge is -2.19. The van der Waals surface area contributed by atoms with Gasteiger partial charge in [0.1, 0.15) is 6.04 Å². The Morgan fingerprint density at radius 2 is 1.81 bits per heavy atom. The minimum Gasteiger partial charge on any atom is -0.374 e. The number of sulfonamides is 1. The molecule has 1 aliphatic rings. The topological polar surface area (TPSA) is 78.5 Å². The second-order valence-electron chi connectivity index (χ2n) is 7.19. The number of hydrogen-bond donors (Lipinski definition) is 2. The van der Waals surface area contributed by atoms with E-state index in [1.54, 1.807) is 12.1 Å². The Morgan fingerprint density at radius 1 is 1.13 bits per heavy atom. The molecule has 0 aromatic heterocycles. The number of anilines is 2. The first-order valence-corrected chi connectivity index (χ1v) is 11.3. The Bertz CT molecular complexity index is 1070. The number of carbonyl (C=O) groups excluding carboxylic acids is 1. The van der Waals surface area contributed by atoms with E-state index in [0.717, 1.165) is 31.0 Å². The lowest BCUT2D eigenvalue weighted by molar-refractivity contribution is -0.137. The molecule has 2 aromatic rings. The van der Waals surface area contributed by atoms with Gasteiger partial charge in [0.15, 0.2) is 0 Å². The minimum atomic E-state index is -4.57. The van der Waals surface area contributed by atoms with Gasteiger partial charge < -0.3 is 10.6 Å². The minimum absolute atomic E-state index is 0.0350. The largest absolute Gasteiger partial charge is 0.416 e. The van der Waals surface area contributed by atoms with Gasteiger partial charge in [-0.3, -0.25) is 4.79 Å². The summed E-state index contributed by atoms with van der Waals surface area (Å²) in [6.07, 6.45) is -2.95. The van der Waals surface area contributed by atoms with Crippen molar-refractivity contribution in [2.75, 3.05) is 23.7 Å². The van der Waals surface area contributed by atoms with E-state index in [0.29, 0.717) is 18.8 Å². The highest BCUT2D eigenvalue weighted by Gasteiger charge is 2.31. The maximum absolute atomic E-state index is 12.9. The van der Waals surface area contributed by atoms with Crippen molar-refractivity contribution >= 4 is 38.9 Å². The summed E-state index contributed by atoms with van der Waals surface area (Å²) in [5.41, 5.74) is -0.716. The van der Waals surface area contributed by atoms with Crippen molar-refractivity contribution in [3.63, 3.8) is 0 Å². The Hall–Kier alpha value is -2.30. The van der Waals surface area contributed by atoms with Crippen LogP contribution in [0.3, 0.4) is 0 Å². The highest BCUT2D eigenvalue weighted by atomic mass is 35.5. The molecule has 0 saturated carbocycles. The van der Waals surface area contributed by atoms with Crippen molar-refractivity contribution < 1.29 is 26.4 Å². The van der Waals surface area contributed by atoms with Crippen LogP contribution in [0.15, 0.2) is 47.4 Å². The summed E-state index contributed by atoms with van der Waals surface area (Å²) < 4.78 is 65.6. The zero-order valence-electron chi connectivity index (χ0n) is 16.5. The van der Waals surface area contributed by atoms with Crippen LogP contribution in [-0.2, 0) is 21.0 Å². The molecule has 11 heteroatoms. The first-order chi connectivity index (χ1) is 14.5. The zero-order chi connectivity index (χ0) is 22.8. The van der Waals surface area contributed by atoms with E-state index in [-0.39, 0.29) is 15.6 Å². The first kappa shape index (κ1) is 23.4. The Balaban J connectivity index is 1.72. The van der Waals surface area contributed by atoms with Crippen molar-refractivity contribution in [3.05, 3.63) is 53.1 Å². The Kier molecular flexibility index (Phi) is 6.82. The lowest BCUT2D eigenvalue weighted by Crippen LogP contribution is -2.32. The van der Waals surface area contributed by atoms with E-state index < -0.39 is 33.7 Å². The molecular formula is C20H21ClF3N3O3S. The number of benzene rings is 2. The molecule has 1 saturated heterocycles. The van der Waals surface area contributed by atoms with Crippen LogP contribution in [0.5, 0.6) is 0 Å². The number of amides is 1. The van der Waals surface area contributed by atoms with Crippen LogP contribution in [0.25, 0.3) is 0 Å². The van der Waals surface area contributed by atoms with Crippen molar-refractivity contribution in [2.45, 2.75) is 36.9 Å². The number of hydrogen-bond acceptors (Lipinski definition) is 4. The van der Waals surface area contributed by atoms with Crippen LogP contribution >= 0.6 is 11.6 Å². The second-order valence-corrected chi connectivity index (χ2v) is 9.53. The second kappa shape index (κ2) is 9.05. The maximum Gasteiger partial charge on any atom is 0.416 e. The van der Waals surface area contributed by atoms with Crippen LogP contribution in [0, 0.1) is 0 Å². The predicted molar refractivity (Wildman–Crippen MR) is 113 cm³/mol. The molecule has 31 heavy (non-hydrogen) atoms. The monoisotopic (exact) mass is 475 g/mol. The molecular weight excluding hydrogens is 455 g/mol. The van der Waals surface area contributed by atoms with E-state index in [9.17, 15) is 26.4 Å². The third-order valence-electron chi connectivity index (χ3n) is 4.86. The molecule has 2 aromatic carbocycles. The maximum atomic E-state index is 12.9. The van der Waals surface area contributed by atoms with Crippen LogP contribution < -0.4 is 10.6 Å². The van der Waals surface area contributed by atoms with Gasteiger partial charge in [-0.25, -0.2) is 8.42 Å². The fourth-order valence-corrected chi connectivity index (χ4v) is 4.91. The smallest absolute Gasteiger partial charge is 0.374 e. The summed E-state index contributed by atoms with van der Waals surface area (Å²) in [6, 6.07) is 7.83. The quantitative estimate of drug-likeness (QED) is 0.641. The highest BCUT2D eigenvalue weighted by molar-refractivity contribution is 7.89. The lowest BCUT2D eigenvalue weighted by atomic mass is 10.2.